The predicted molar refractivity (Wildman–Crippen MR) is 34.7 cm³/mol. The molecular formula is C6H5N3O. The second-order valence-corrected chi connectivity index (χ2v) is 1.97. The third-order valence-corrected chi connectivity index (χ3v) is 1.34. The van der Waals surface area contributed by atoms with Crippen LogP contribution in [0.2, 0.25) is 0 Å². The monoisotopic (exact) mass is 135 g/mol. The summed E-state index contributed by atoms with van der Waals surface area (Å²) < 4.78 is 0.947. The smallest absolute Gasteiger partial charge is 0.197 e. The van der Waals surface area contributed by atoms with E-state index in [4.69, 9.17) is 5.21 Å². The third-order valence-electron chi connectivity index (χ3n) is 1.34. The molecule has 50 valence electrons. The van der Waals surface area contributed by atoms with E-state index in [0.29, 0.717) is 5.65 Å². The number of aromatic nitrogens is 3. The number of rotatable bonds is 0. The van der Waals surface area contributed by atoms with Crippen LogP contribution in [0.3, 0.4) is 0 Å². The summed E-state index contributed by atoms with van der Waals surface area (Å²) in [6.07, 6.45) is 3.11. The Labute approximate surface area is 56.7 Å². The minimum absolute atomic E-state index is 0.488. The van der Waals surface area contributed by atoms with Crippen LogP contribution in [0.15, 0.2) is 24.5 Å². The topological polar surface area (TPSA) is 50.9 Å². The largest absolute Gasteiger partial charge is 0.427 e. The summed E-state index contributed by atoms with van der Waals surface area (Å²) in [5.74, 6) is 0. The highest BCUT2D eigenvalue weighted by Crippen LogP contribution is 2.07. The van der Waals surface area contributed by atoms with E-state index in [-0.39, 0.29) is 0 Å². The molecule has 2 aromatic rings. The Morgan fingerprint density at radius 2 is 2.30 bits per heavy atom. The van der Waals surface area contributed by atoms with E-state index >= 15 is 0 Å². The van der Waals surface area contributed by atoms with Crippen LogP contribution in [0.5, 0.6) is 0 Å². The van der Waals surface area contributed by atoms with Gasteiger partial charge in [0.25, 0.3) is 0 Å². The quantitative estimate of drug-likeness (QED) is 0.540. The van der Waals surface area contributed by atoms with Crippen molar-refractivity contribution in [1.82, 2.24) is 14.9 Å². The number of nitrogens with zero attached hydrogens (tertiary/aromatic N) is 3. The average molecular weight is 135 g/mol. The van der Waals surface area contributed by atoms with Gasteiger partial charge in [-0.3, -0.25) is 0 Å². The van der Waals surface area contributed by atoms with E-state index < -0.39 is 0 Å². The Balaban J connectivity index is 2.93. The molecule has 2 rings (SSSR count). The molecule has 0 unspecified atom stereocenters. The minimum atomic E-state index is 0.488. The van der Waals surface area contributed by atoms with E-state index in [9.17, 15) is 0 Å². The Hall–Kier alpha value is -1.58. The molecule has 10 heavy (non-hydrogen) atoms. The molecule has 0 aliphatic carbocycles. The lowest BCUT2D eigenvalue weighted by atomic mass is 10.4. The van der Waals surface area contributed by atoms with Crippen molar-refractivity contribution in [2.24, 2.45) is 0 Å². The van der Waals surface area contributed by atoms with Crippen molar-refractivity contribution in [1.29, 1.82) is 0 Å². The highest BCUT2D eigenvalue weighted by Gasteiger charge is 1.97. The van der Waals surface area contributed by atoms with Crippen molar-refractivity contribution in [2.75, 3.05) is 0 Å². The van der Waals surface area contributed by atoms with E-state index in [1.54, 1.807) is 18.3 Å². The lowest BCUT2D eigenvalue weighted by molar-refractivity contribution is 0.198. The van der Waals surface area contributed by atoms with Gasteiger partial charge in [-0.2, -0.15) is 9.83 Å². The van der Waals surface area contributed by atoms with Gasteiger partial charge < -0.3 is 5.21 Å². The fraction of sp³-hybridized carbons (Fsp3) is 0. The van der Waals surface area contributed by atoms with Gasteiger partial charge in [-0.05, 0) is 12.1 Å². The third kappa shape index (κ3) is 0.556. The normalized spacial score (nSPS) is 10.4. The molecule has 0 atom stereocenters. The predicted octanol–water partition coefficient (Wildman–Crippen LogP) is 0.669. The first-order chi connectivity index (χ1) is 4.88. The zero-order chi connectivity index (χ0) is 6.97. The maximum atomic E-state index is 9.03. The molecular weight excluding hydrogens is 130 g/mol. The minimum Gasteiger partial charge on any atom is -0.427 e. The van der Waals surface area contributed by atoms with Crippen LogP contribution in [0.25, 0.3) is 11.0 Å². The summed E-state index contributed by atoms with van der Waals surface area (Å²) in [6.45, 7) is 0. The summed E-state index contributed by atoms with van der Waals surface area (Å²) in [7, 11) is 0. The average Bonchev–Trinajstić information content (AvgIpc) is 2.34. The molecule has 0 aliphatic rings. The van der Waals surface area contributed by atoms with Crippen LogP contribution in [0, 0.1) is 0 Å². The van der Waals surface area contributed by atoms with Crippen molar-refractivity contribution in [2.45, 2.75) is 0 Å². The van der Waals surface area contributed by atoms with Gasteiger partial charge in [-0.1, -0.05) is 0 Å². The maximum absolute atomic E-state index is 9.03. The Kier molecular flexibility index (Phi) is 0.887. The van der Waals surface area contributed by atoms with Gasteiger partial charge in [0.1, 0.15) is 0 Å². The molecule has 0 amide bonds. The molecule has 4 heteroatoms. The second-order valence-electron chi connectivity index (χ2n) is 1.97. The van der Waals surface area contributed by atoms with Gasteiger partial charge in [-0.15, -0.1) is 5.10 Å². The molecule has 0 fully saturated rings. The number of hydrogen-bond acceptors (Lipinski definition) is 3. The summed E-state index contributed by atoms with van der Waals surface area (Å²) in [5.41, 5.74) is 0.488. The molecule has 0 bridgehead atoms. The zero-order valence-corrected chi connectivity index (χ0v) is 5.10. The highest BCUT2D eigenvalue weighted by molar-refractivity contribution is 5.74. The molecule has 1 N–H and O–H groups in total. The van der Waals surface area contributed by atoms with Gasteiger partial charge in [-0.25, -0.2) is 0 Å². The van der Waals surface area contributed by atoms with Gasteiger partial charge in [0.05, 0.1) is 6.20 Å². The van der Waals surface area contributed by atoms with Crippen LogP contribution in [0.4, 0.5) is 0 Å². The van der Waals surface area contributed by atoms with E-state index in [1.807, 2.05) is 0 Å². The fourth-order valence-electron chi connectivity index (χ4n) is 0.864. The summed E-state index contributed by atoms with van der Waals surface area (Å²) in [6, 6.07) is 3.55. The van der Waals surface area contributed by atoms with Crippen LogP contribution in [-0.2, 0) is 0 Å². The van der Waals surface area contributed by atoms with E-state index in [1.165, 1.54) is 6.20 Å². The second kappa shape index (κ2) is 1.70. The first-order valence-corrected chi connectivity index (χ1v) is 2.86. The summed E-state index contributed by atoms with van der Waals surface area (Å²) in [5, 5.41) is 17.2. The lowest BCUT2D eigenvalue weighted by Crippen LogP contribution is -1.89. The molecule has 0 aromatic carbocycles. The molecule has 0 aliphatic heterocycles. The molecule has 0 spiro atoms. The van der Waals surface area contributed by atoms with Crippen molar-refractivity contribution >= 4 is 11.0 Å². The molecule has 0 saturated heterocycles. The highest BCUT2D eigenvalue weighted by atomic mass is 16.5. The van der Waals surface area contributed by atoms with Crippen molar-refractivity contribution in [3.8, 4) is 0 Å². The maximum Gasteiger partial charge on any atom is 0.197 e. The van der Waals surface area contributed by atoms with Crippen LogP contribution in [-0.4, -0.2) is 20.1 Å². The zero-order valence-electron chi connectivity index (χ0n) is 5.10. The number of hydrogen-bond donors (Lipinski definition) is 1. The SMILES string of the molecule is On1ccc2ccnnc21. The van der Waals surface area contributed by atoms with Gasteiger partial charge >= 0.3 is 0 Å². The van der Waals surface area contributed by atoms with Crippen LogP contribution in [0.1, 0.15) is 0 Å². The van der Waals surface area contributed by atoms with Crippen LogP contribution < -0.4 is 0 Å². The van der Waals surface area contributed by atoms with Gasteiger partial charge in [0.2, 0.25) is 0 Å². The standard InChI is InChI=1S/C6H5N3O/c10-9-4-2-5-1-3-7-8-6(5)9/h1-4,10H. The summed E-state index contributed by atoms with van der Waals surface area (Å²) >= 11 is 0. The van der Waals surface area contributed by atoms with E-state index in [2.05, 4.69) is 10.2 Å². The Bertz CT molecular complexity index is 355. The molecule has 0 radical (unpaired) electrons. The van der Waals surface area contributed by atoms with Crippen molar-refractivity contribution in [3.63, 3.8) is 0 Å². The summed E-state index contributed by atoms with van der Waals surface area (Å²) in [4.78, 5) is 0. The molecule has 2 aromatic heterocycles. The lowest BCUT2D eigenvalue weighted by Gasteiger charge is -1.88. The van der Waals surface area contributed by atoms with Gasteiger partial charge in [0, 0.05) is 11.6 Å². The fourth-order valence-corrected chi connectivity index (χ4v) is 0.864. The Morgan fingerprint density at radius 3 is 3.10 bits per heavy atom. The first kappa shape index (κ1) is 5.22. The van der Waals surface area contributed by atoms with E-state index in [0.717, 1.165) is 10.1 Å². The van der Waals surface area contributed by atoms with Crippen LogP contribution >= 0.6 is 0 Å². The first-order valence-electron chi connectivity index (χ1n) is 2.86. The number of fused-ring (bicyclic) bond motifs is 1. The molecule has 2 heterocycles. The van der Waals surface area contributed by atoms with Gasteiger partial charge in [0.15, 0.2) is 5.65 Å². The van der Waals surface area contributed by atoms with Crippen molar-refractivity contribution in [3.05, 3.63) is 24.5 Å². The molecule has 4 nitrogen and oxygen atoms in total. The van der Waals surface area contributed by atoms with Crippen molar-refractivity contribution < 1.29 is 5.21 Å². The Morgan fingerprint density at radius 1 is 1.40 bits per heavy atom. The molecule has 0 saturated carbocycles.